The first-order valence-electron chi connectivity index (χ1n) is 5.31. The summed E-state index contributed by atoms with van der Waals surface area (Å²) in [5.74, 6) is -2.39. The van der Waals surface area contributed by atoms with Gasteiger partial charge in [0.2, 0.25) is 9.84 Å². The van der Waals surface area contributed by atoms with Gasteiger partial charge in [-0.05, 0) is 18.2 Å². The van der Waals surface area contributed by atoms with E-state index in [1.54, 1.807) is 0 Å². The van der Waals surface area contributed by atoms with Gasteiger partial charge in [0.25, 0.3) is 0 Å². The third-order valence-corrected chi connectivity index (χ3v) is 4.94. The summed E-state index contributed by atoms with van der Waals surface area (Å²) in [6.45, 7) is 1.50. The fourth-order valence-electron chi connectivity index (χ4n) is 2.01. The van der Waals surface area contributed by atoms with Crippen LogP contribution in [-0.2, 0) is 14.6 Å². The van der Waals surface area contributed by atoms with Gasteiger partial charge in [-0.1, -0.05) is 13.0 Å². The molecule has 0 aromatic heterocycles. The second kappa shape index (κ2) is 4.20. The maximum Gasteiger partial charge on any atom is 0.303 e. The number of benzene rings is 1. The zero-order chi connectivity index (χ0) is 13.5. The summed E-state index contributed by atoms with van der Waals surface area (Å²) < 4.78 is 37.8. The lowest BCUT2D eigenvalue weighted by atomic mass is 10.1. The Kier molecular flexibility index (Phi) is 2.98. The molecule has 0 aliphatic carbocycles. The number of halogens is 1. The summed E-state index contributed by atoms with van der Waals surface area (Å²) in [7, 11) is -3.76. The molecule has 1 aromatic carbocycles. The molecule has 6 heteroatoms. The van der Waals surface area contributed by atoms with Crippen LogP contribution in [-0.4, -0.2) is 19.5 Å². The zero-order valence-corrected chi connectivity index (χ0v) is 10.4. The monoisotopic (exact) mass is 270 g/mol. The molecule has 0 saturated heterocycles. The highest BCUT2D eigenvalue weighted by Gasteiger charge is 2.34. The lowest BCUT2D eigenvalue weighted by Gasteiger charge is -2.09. The highest BCUT2D eigenvalue weighted by atomic mass is 32.2. The number of allylic oxidation sites excluding steroid dienone is 1. The SMILES string of the molecule is CC(CC(=O)O)C1=Cc2c(F)cccc2S1(=O)=O. The summed E-state index contributed by atoms with van der Waals surface area (Å²) in [6.07, 6.45) is 0.925. The highest BCUT2D eigenvalue weighted by Crippen LogP contribution is 2.38. The first-order chi connectivity index (χ1) is 8.34. The van der Waals surface area contributed by atoms with Crippen molar-refractivity contribution >= 4 is 21.9 Å². The predicted molar refractivity (Wildman–Crippen MR) is 63.0 cm³/mol. The number of carbonyl (C=O) groups is 1. The van der Waals surface area contributed by atoms with Crippen LogP contribution >= 0.6 is 0 Å². The topological polar surface area (TPSA) is 71.4 Å². The summed E-state index contributed by atoms with van der Waals surface area (Å²) >= 11 is 0. The van der Waals surface area contributed by atoms with E-state index in [-0.39, 0.29) is 21.8 Å². The molecule has 96 valence electrons. The molecule has 1 atom stereocenters. The maximum atomic E-state index is 13.5. The summed E-state index contributed by atoms with van der Waals surface area (Å²) in [5.41, 5.74) is 0.0183. The molecule has 2 rings (SSSR count). The molecule has 4 nitrogen and oxygen atoms in total. The van der Waals surface area contributed by atoms with Crippen molar-refractivity contribution in [2.75, 3.05) is 0 Å². The van der Waals surface area contributed by atoms with Crippen LogP contribution in [0.2, 0.25) is 0 Å². The van der Waals surface area contributed by atoms with Crippen LogP contribution in [0.1, 0.15) is 18.9 Å². The van der Waals surface area contributed by atoms with Crippen molar-refractivity contribution in [1.29, 1.82) is 0 Å². The number of aliphatic carboxylic acids is 1. The van der Waals surface area contributed by atoms with Crippen LogP contribution in [0.5, 0.6) is 0 Å². The van der Waals surface area contributed by atoms with Crippen LogP contribution < -0.4 is 0 Å². The van der Waals surface area contributed by atoms with Gasteiger partial charge in [-0.3, -0.25) is 4.79 Å². The second-order valence-electron chi connectivity index (χ2n) is 4.20. The van der Waals surface area contributed by atoms with Gasteiger partial charge in [-0.25, -0.2) is 12.8 Å². The summed E-state index contributed by atoms with van der Waals surface area (Å²) in [6, 6.07) is 3.82. The first kappa shape index (κ1) is 12.8. The average Bonchev–Trinajstić information content (AvgIpc) is 2.51. The van der Waals surface area contributed by atoms with E-state index in [1.165, 1.54) is 31.2 Å². The predicted octanol–water partition coefficient (Wildman–Crippen LogP) is 2.06. The molecular weight excluding hydrogens is 259 g/mol. The highest BCUT2D eigenvalue weighted by molar-refractivity contribution is 7.95. The van der Waals surface area contributed by atoms with Gasteiger partial charge in [-0.15, -0.1) is 0 Å². The Morgan fingerprint density at radius 2 is 2.11 bits per heavy atom. The lowest BCUT2D eigenvalue weighted by Crippen LogP contribution is -2.12. The summed E-state index contributed by atoms with van der Waals surface area (Å²) in [4.78, 5) is 10.5. The van der Waals surface area contributed by atoms with Crippen molar-refractivity contribution in [3.05, 3.63) is 34.5 Å². The van der Waals surface area contributed by atoms with Crippen molar-refractivity contribution in [2.45, 2.75) is 18.2 Å². The van der Waals surface area contributed by atoms with Crippen LogP contribution in [0.3, 0.4) is 0 Å². The number of fused-ring (bicyclic) bond motifs is 1. The molecular formula is C12H11FO4S. The lowest BCUT2D eigenvalue weighted by molar-refractivity contribution is -0.137. The van der Waals surface area contributed by atoms with E-state index in [2.05, 4.69) is 0 Å². The fraction of sp³-hybridized carbons (Fsp3) is 0.250. The van der Waals surface area contributed by atoms with Crippen molar-refractivity contribution < 1.29 is 22.7 Å². The van der Waals surface area contributed by atoms with E-state index in [1.807, 2.05) is 0 Å². The van der Waals surface area contributed by atoms with E-state index in [9.17, 15) is 17.6 Å². The van der Waals surface area contributed by atoms with Gasteiger partial charge < -0.3 is 5.11 Å². The molecule has 1 aromatic rings. The smallest absolute Gasteiger partial charge is 0.303 e. The molecule has 0 spiro atoms. The van der Waals surface area contributed by atoms with E-state index >= 15 is 0 Å². The Morgan fingerprint density at radius 1 is 1.44 bits per heavy atom. The van der Waals surface area contributed by atoms with E-state index in [0.29, 0.717) is 0 Å². The van der Waals surface area contributed by atoms with Gasteiger partial charge in [0.05, 0.1) is 16.2 Å². The second-order valence-corrected chi connectivity index (χ2v) is 6.12. The minimum absolute atomic E-state index is 0.0183. The molecule has 1 aliphatic rings. The third-order valence-electron chi connectivity index (χ3n) is 2.87. The van der Waals surface area contributed by atoms with Crippen molar-refractivity contribution in [1.82, 2.24) is 0 Å². The molecule has 1 unspecified atom stereocenters. The minimum Gasteiger partial charge on any atom is -0.481 e. The standard InChI is InChI=1S/C12H11FO4S/c1-7(5-12(14)15)11-6-8-9(13)3-2-4-10(8)18(11,16)17/h2-4,6-7H,5H2,1H3,(H,14,15). The maximum absolute atomic E-state index is 13.5. The molecule has 1 N–H and O–H groups in total. The molecule has 18 heavy (non-hydrogen) atoms. The summed E-state index contributed by atoms with van der Waals surface area (Å²) in [5, 5.41) is 8.69. The van der Waals surface area contributed by atoms with Gasteiger partial charge in [0, 0.05) is 11.5 Å². The van der Waals surface area contributed by atoms with Crippen LogP contribution in [0, 0.1) is 11.7 Å². The number of hydrogen-bond donors (Lipinski definition) is 1. The van der Waals surface area contributed by atoms with Crippen LogP contribution in [0.4, 0.5) is 4.39 Å². The first-order valence-corrected chi connectivity index (χ1v) is 6.79. The van der Waals surface area contributed by atoms with Crippen molar-refractivity contribution in [3.63, 3.8) is 0 Å². The minimum atomic E-state index is -3.76. The Labute approximate surface area is 104 Å². The number of hydrogen-bond acceptors (Lipinski definition) is 3. The van der Waals surface area contributed by atoms with Crippen molar-refractivity contribution in [3.8, 4) is 0 Å². The van der Waals surface area contributed by atoms with Gasteiger partial charge >= 0.3 is 5.97 Å². The Bertz CT molecular complexity index is 646. The Balaban J connectivity index is 2.51. The van der Waals surface area contributed by atoms with E-state index in [4.69, 9.17) is 5.11 Å². The van der Waals surface area contributed by atoms with Crippen LogP contribution in [0.25, 0.3) is 6.08 Å². The average molecular weight is 270 g/mol. The molecule has 1 heterocycles. The Hall–Kier alpha value is -1.69. The van der Waals surface area contributed by atoms with Crippen molar-refractivity contribution in [2.24, 2.45) is 5.92 Å². The zero-order valence-electron chi connectivity index (χ0n) is 9.55. The third kappa shape index (κ3) is 1.92. The quantitative estimate of drug-likeness (QED) is 0.912. The van der Waals surface area contributed by atoms with Crippen LogP contribution in [0.15, 0.2) is 28.0 Å². The van der Waals surface area contributed by atoms with Gasteiger partial charge in [0.1, 0.15) is 5.82 Å². The van der Waals surface area contributed by atoms with Gasteiger partial charge in [-0.2, -0.15) is 0 Å². The molecule has 1 aliphatic heterocycles. The van der Waals surface area contributed by atoms with E-state index in [0.717, 1.165) is 0 Å². The van der Waals surface area contributed by atoms with Gasteiger partial charge in [0.15, 0.2) is 0 Å². The number of carboxylic acid groups (broad SMARTS) is 1. The molecule has 0 radical (unpaired) electrons. The largest absolute Gasteiger partial charge is 0.481 e. The fourth-order valence-corrected chi connectivity index (χ4v) is 3.85. The normalized spacial score (nSPS) is 18.0. The molecule has 0 saturated carbocycles. The number of carboxylic acids is 1. The number of rotatable bonds is 3. The molecule has 0 bridgehead atoms. The van der Waals surface area contributed by atoms with E-state index < -0.39 is 27.5 Å². The molecule has 0 fully saturated rings. The Morgan fingerprint density at radius 3 is 2.67 bits per heavy atom. The molecule has 0 amide bonds. The number of sulfone groups is 1.